The number of carbonyl (C=O) groups is 2. The molecule has 7 heteroatoms. The van der Waals surface area contributed by atoms with Gasteiger partial charge in [-0.1, -0.05) is 12.1 Å². The summed E-state index contributed by atoms with van der Waals surface area (Å²) < 4.78 is 0. The van der Waals surface area contributed by atoms with E-state index in [1.807, 2.05) is 4.90 Å². The first-order chi connectivity index (χ1) is 9.97. The van der Waals surface area contributed by atoms with Crippen LogP contribution in [0.2, 0.25) is 0 Å². The maximum Gasteiger partial charge on any atom is 0.270 e. The minimum atomic E-state index is -0.527. The van der Waals surface area contributed by atoms with Gasteiger partial charge < -0.3 is 5.73 Å². The molecule has 21 heavy (non-hydrogen) atoms. The van der Waals surface area contributed by atoms with Gasteiger partial charge in [-0.15, -0.1) is 0 Å². The van der Waals surface area contributed by atoms with E-state index in [0.717, 1.165) is 19.4 Å². The van der Waals surface area contributed by atoms with Crippen molar-refractivity contribution in [3.05, 3.63) is 39.9 Å². The van der Waals surface area contributed by atoms with Crippen molar-refractivity contribution >= 4 is 17.4 Å². The molecule has 1 aliphatic heterocycles. The SMILES string of the molecule is NC(=O)C1CCCN(CC(=O)c2cccc([N+](=O)[O-])c2)C1. The van der Waals surface area contributed by atoms with Crippen molar-refractivity contribution in [2.75, 3.05) is 19.6 Å². The summed E-state index contributed by atoms with van der Waals surface area (Å²) in [6.07, 6.45) is 1.56. The van der Waals surface area contributed by atoms with E-state index < -0.39 is 4.92 Å². The van der Waals surface area contributed by atoms with E-state index in [1.54, 1.807) is 6.07 Å². The number of nitrogens with two attached hydrogens (primary N) is 1. The summed E-state index contributed by atoms with van der Waals surface area (Å²) in [6, 6.07) is 5.68. The fourth-order valence-corrected chi connectivity index (χ4v) is 2.52. The quantitative estimate of drug-likeness (QED) is 0.494. The Bertz CT molecular complexity index is 573. The van der Waals surface area contributed by atoms with E-state index in [0.29, 0.717) is 12.1 Å². The molecule has 1 aromatic rings. The molecule has 1 aromatic carbocycles. The number of rotatable bonds is 5. The van der Waals surface area contributed by atoms with Crippen LogP contribution in [0.4, 0.5) is 5.69 Å². The molecular formula is C14H17N3O4. The molecule has 2 N–H and O–H groups in total. The lowest BCUT2D eigenvalue weighted by Gasteiger charge is -2.30. The number of nitrogens with zero attached hydrogens (tertiary/aromatic N) is 2. The van der Waals surface area contributed by atoms with E-state index in [2.05, 4.69) is 0 Å². The number of ketones is 1. The van der Waals surface area contributed by atoms with Crippen molar-refractivity contribution in [2.45, 2.75) is 12.8 Å². The zero-order chi connectivity index (χ0) is 15.4. The molecule has 1 unspecified atom stereocenters. The smallest absolute Gasteiger partial charge is 0.270 e. The first kappa shape index (κ1) is 15.1. The van der Waals surface area contributed by atoms with Gasteiger partial charge in [-0.2, -0.15) is 0 Å². The molecule has 1 heterocycles. The Balaban J connectivity index is 2.02. The van der Waals surface area contributed by atoms with Crippen molar-refractivity contribution in [1.29, 1.82) is 0 Å². The second kappa shape index (κ2) is 6.45. The highest BCUT2D eigenvalue weighted by Gasteiger charge is 2.25. The standard InChI is InChI=1S/C14H17N3O4/c15-14(19)11-4-2-6-16(8-11)9-13(18)10-3-1-5-12(7-10)17(20)21/h1,3,5,7,11H,2,4,6,8-9H2,(H2,15,19). The van der Waals surface area contributed by atoms with Gasteiger partial charge >= 0.3 is 0 Å². The molecule has 1 saturated heterocycles. The Labute approximate surface area is 121 Å². The van der Waals surface area contributed by atoms with E-state index in [-0.39, 0.29) is 29.8 Å². The van der Waals surface area contributed by atoms with Crippen LogP contribution in [0, 0.1) is 16.0 Å². The van der Waals surface area contributed by atoms with Gasteiger partial charge in [-0.3, -0.25) is 24.6 Å². The van der Waals surface area contributed by atoms with E-state index in [1.165, 1.54) is 18.2 Å². The number of non-ortho nitro benzene ring substituents is 1. The van der Waals surface area contributed by atoms with Crippen LogP contribution in [0.1, 0.15) is 23.2 Å². The van der Waals surface area contributed by atoms with Crippen LogP contribution in [-0.2, 0) is 4.79 Å². The van der Waals surface area contributed by atoms with Crippen molar-refractivity contribution < 1.29 is 14.5 Å². The van der Waals surface area contributed by atoms with E-state index in [9.17, 15) is 19.7 Å². The Morgan fingerprint density at radius 2 is 2.19 bits per heavy atom. The second-order valence-electron chi connectivity index (χ2n) is 5.21. The summed E-state index contributed by atoms with van der Waals surface area (Å²) in [5.41, 5.74) is 5.51. The first-order valence-corrected chi connectivity index (χ1v) is 6.76. The Morgan fingerprint density at radius 1 is 1.43 bits per heavy atom. The molecule has 2 rings (SSSR count). The van der Waals surface area contributed by atoms with Crippen LogP contribution in [0.25, 0.3) is 0 Å². The lowest BCUT2D eigenvalue weighted by atomic mass is 9.97. The average Bonchev–Trinajstić information content (AvgIpc) is 2.47. The summed E-state index contributed by atoms with van der Waals surface area (Å²) in [5.74, 6) is -0.761. The fourth-order valence-electron chi connectivity index (χ4n) is 2.52. The predicted octanol–water partition coefficient (Wildman–Crippen LogP) is 0.975. The predicted molar refractivity (Wildman–Crippen MR) is 75.8 cm³/mol. The second-order valence-corrected chi connectivity index (χ2v) is 5.21. The molecule has 0 saturated carbocycles. The van der Waals surface area contributed by atoms with Crippen molar-refractivity contribution in [3.63, 3.8) is 0 Å². The molecule has 1 atom stereocenters. The number of hydrogen-bond donors (Lipinski definition) is 1. The van der Waals surface area contributed by atoms with Crippen LogP contribution >= 0.6 is 0 Å². The van der Waals surface area contributed by atoms with Gasteiger partial charge in [0.1, 0.15) is 0 Å². The third kappa shape index (κ3) is 3.85. The molecule has 0 spiro atoms. The van der Waals surface area contributed by atoms with E-state index in [4.69, 9.17) is 5.73 Å². The molecule has 0 aromatic heterocycles. The molecule has 0 radical (unpaired) electrons. The monoisotopic (exact) mass is 291 g/mol. The third-order valence-electron chi connectivity index (χ3n) is 3.65. The van der Waals surface area contributed by atoms with Crippen molar-refractivity contribution in [2.24, 2.45) is 11.7 Å². The highest BCUT2D eigenvalue weighted by atomic mass is 16.6. The number of piperidine rings is 1. The number of carbonyl (C=O) groups excluding carboxylic acids is 2. The first-order valence-electron chi connectivity index (χ1n) is 6.76. The van der Waals surface area contributed by atoms with Gasteiger partial charge in [0.05, 0.1) is 17.4 Å². The van der Waals surface area contributed by atoms with Gasteiger partial charge in [0, 0.05) is 24.2 Å². The highest BCUT2D eigenvalue weighted by molar-refractivity contribution is 5.98. The zero-order valence-corrected chi connectivity index (χ0v) is 11.5. The van der Waals surface area contributed by atoms with Crippen LogP contribution < -0.4 is 5.73 Å². The summed E-state index contributed by atoms with van der Waals surface area (Å²) in [7, 11) is 0. The number of hydrogen-bond acceptors (Lipinski definition) is 5. The van der Waals surface area contributed by atoms with Crippen molar-refractivity contribution in [1.82, 2.24) is 4.90 Å². The molecule has 1 aliphatic rings. The average molecular weight is 291 g/mol. The summed E-state index contributed by atoms with van der Waals surface area (Å²) in [6.45, 7) is 1.34. The van der Waals surface area contributed by atoms with Crippen LogP contribution in [0.3, 0.4) is 0 Å². The summed E-state index contributed by atoms with van der Waals surface area (Å²) >= 11 is 0. The fraction of sp³-hybridized carbons (Fsp3) is 0.429. The maximum absolute atomic E-state index is 12.2. The number of Topliss-reactive ketones (excluding diaryl/α,β-unsaturated/α-hetero) is 1. The van der Waals surface area contributed by atoms with Gasteiger partial charge in [-0.25, -0.2) is 0 Å². The lowest BCUT2D eigenvalue weighted by molar-refractivity contribution is -0.384. The molecule has 112 valence electrons. The molecule has 0 bridgehead atoms. The number of nitro groups is 1. The van der Waals surface area contributed by atoms with Crippen LogP contribution in [0.15, 0.2) is 24.3 Å². The summed E-state index contributed by atoms with van der Waals surface area (Å²) in [5, 5.41) is 10.7. The third-order valence-corrected chi connectivity index (χ3v) is 3.65. The Hall–Kier alpha value is -2.28. The van der Waals surface area contributed by atoms with Crippen LogP contribution in [-0.4, -0.2) is 41.1 Å². The number of amides is 1. The van der Waals surface area contributed by atoms with Gasteiger partial charge in [0.2, 0.25) is 5.91 Å². The lowest BCUT2D eigenvalue weighted by Crippen LogP contribution is -2.43. The molecule has 7 nitrogen and oxygen atoms in total. The van der Waals surface area contributed by atoms with Gasteiger partial charge in [-0.05, 0) is 19.4 Å². The topological polar surface area (TPSA) is 107 Å². The molecule has 1 amide bonds. The number of nitro benzene ring substituents is 1. The number of likely N-dealkylation sites (tertiary alicyclic amines) is 1. The molecule has 0 aliphatic carbocycles. The number of primary amides is 1. The van der Waals surface area contributed by atoms with Crippen LogP contribution in [0.5, 0.6) is 0 Å². The minimum Gasteiger partial charge on any atom is -0.369 e. The summed E-state index contributed by atoms with van der Waals surface area (Å²) in [4.78, 5) is 35.5. The Kier molecular flexibility index (Phi) is 4.64. The maximum atomic E-state index is 12.2. The Morgan fingerprint density at radius 3 is 2.86 bits per heavy atom. The molecular weight excluding hydrogens is 274 g/mol. The van der Waals surface area contributed by atoms with Gasteiger partial charge in [0.15, 0.2) is 5.78 Å². The van der Waals surface area contributed by atoms with Crippen molar-refractivity contribution in [3.8, 4) is 0 Å². The van der Waals surface area contributed by atoms with E-state index >= 15 is 0 Å². The largest absolute Gasteiger partial charge is 0.369 e. The normalized spacial score (nSPS) is 19.1. The van der Waals surface area contributed by atoms with Gasteiger partial charge in [0.25, 0.3) is 5.69 Å². The number of benzene rings is 1. The highest BCUT2D eigenvalue weighted by Crippen LogP contribution is 2.18. The minimum absolute atomic E-state index is 0.102. The molecule has 1 fully saturated rings. The zero-order valence-electron chi connectivity index (χ0n) is 11.5.